The van der Waals surface area contributed by atoms with Gasteiger partial charge in [0.1, 0.15) is 0 Å². The lowest BCUT2D eigenvalue weighted by Crippen LogP contribution is -2.18. The van der Waals surface area contributed by atoms with E-state index in [9.17, 15) is 4.79 Å². The van der Waals surface area contributed by atoms with Gasteiger partial charge in [-0.1, -0.05) is 48.0 Å². The Labute approximate surface area is 124 Å². The van der Waals surface area contributed by atoms with Crippen molar-refractivity contribution in [1.29, 1.82) is 0 Å². The Bertz CT molecular complexity index is 840. The molecule has 0 amide bonds. The predicted octanol–water partition coefficient (Wildman–Crippen LogP) is 4.59. The number of nitrogens with zero attached hydrogens (tertiary/aromatic N) is 1. The minimum absolute atomic E-state index is 0.228. The number of hydrogen-bond donors (Lipinski definition) is 0. The molecule has 104 valence electrons. The highest BCUT2D eigenvalue weighted by atomic mass is 16.2. The molecule has 2 heteroatoms. The quantitative estimate of drug-likeness (QED) is 0.636. The minimum Gasteiger partial charge on any atom is -0.284 e. The number of carbonyl (C=O) groups is 1. The third-order valence-corrected chi connectivity index (χ3v) is 4.37. The van der Waals surface area contributed by atoms with E-state index in [1.807, 2.05) is 10.6 Å². The molecule has 0 saturated carbocycles. The third kappa shape index (κ3) is 1.83. The second kappa shape index (κ2) is 4.59. The number of hydrogen-bond acceptors (Lipinski definition) is 1. The molecular weight excluding hydrogens is 258 g/mol. The number of aryl methyl sites for hydroxylation is 1. The molecule has 0 fully saturated rings. The maximum Gasteiger partial charge on any atom is 0.231 e. The first-order valence-electron chi connectivity index (χ1n) is 7.48. The lowest BCUT2D eigenvalue weighted by Gasteiger charge is -2.16. The molecular formula is C19H17NO. The summed E-state index contributed by atoms with van der Waals surface area (Å²) in [5.41, 5.74) is 5.93. The maximum absolute atomic E-state index is 12.4. The van der Waals surface area contributed by atoms with Crippen LogP contribution in [0.4, 0.5) is 0 Å². The van der Waals surface area contributed by atoms with Crippen molar-refractivity contribution in [2.45, 2.75) is 26.2 Å². The minimum atomic E-state index is 0.228. The van der Waals surface area contributed by atoms with E-state index in [-0.39, 0.29) is 5.91 Å². The van der Waals surface area contributed by atoms with Gasteiger partial charge in [-0.15, -0.1) is 0 Å². The van der Waals surface area contributed by atoms with Gasteiger partial charge in [0.15, 0.2) is 0 Å². The molecule has 0 aliphatic carbocycles. The van der Waals surface area contributed by atoms with Gasteiger partial charge in [0.25, 0.3) is 0 Å². The van der Waals surface area contributed by atoms with E-state index in [1.54, 1.807) is 0 Å². The highest BCUT2D eigenvalue weighted by Gasteiger charge is 2.24. The van der Waals surface area contributed by atoms with Crippen LogP contribution in [-0.2, 0) is 6.42 Å². The number of rotatable bonds is 1. The summed E-state index contributed by atoms with van der Waals surface area (Å²) in [4.78, 5) is 12.4. The van der Waals surface area contributed by atoms with Gasteiger partial charge in [0.2, 0.25) is 5.91 Å². The van der Waals surface area contributed by atoms with E-state index in [1.165, 1.54) is 27.8 Å². The van der Waals surface area contributed by atoms with E-state index in [0.717, 1.165) is 18.4 Å². The summed E-state index contributed by atoms with van der Waals surface area (Å²) in [5.74, 6) is 0.228. The van der Waals surface area contributed by atoms with Gasteiger partial charge in [-0.3, -0.25) is 9.36 Å². The summed E-state index contributed by atoms with van der Waals surface area (Å²) in [7, 11) is 0. The Morgan fingerprint density at radius 2 is 1.71 bits per heavy atom. The van der Waals surface area contributed by atoms with E-state index in [0.29, 0.717) is 6.42 Å². The molecule has 0 unspecified atom stereocenters. The van der Waals surface area contributed by atoms with Crippen molar-refractivity contribution in [2.24, 2.45) is 0 Å². The van der Waals surface area contributed by atoms with E-state index in [2.05, 4.69) is 49.4 Å². The molecule has 0 saturated heterocycles. The van der Waals surface area contributed by atoms with Crippen LogP contribution in [0.2, 0.25) is 0 Å². The largest absolute Gasteiger partial charge is 0.284 e. The van der Waals surface area contributed by atoms with Crippen LogP contribution in [0.1, 0.15) is 28.9 Å². The number of carbonyl (C=O) groups excluding carboxylic acids is 1. The smallest absolute Gasteiger partial charge is 0.231 e. The topological polar surface area (TPSA) is 22.0 Å². The van der Waals surface area contributed by atoms with Crippen LogP contribution in [0.25, 0.3) is 22.0 Å². The van der Waals surface area contributed by atoms with Crippen LogP contribution in [-0.4, -0.2) is 10.5 Å². The predicted molar refractivity (Wildman–Crippen MR) is 85.7 cm³/mol. The molecule has 0 spiro atoms. The second-order valence-corrected chi connectivity index (χ2v) is 5.79. The first-order chi connectivity index (χ1) is 10.3. The second-order valence-electron chi connectivity index (χ2n) is 5.79. The van der Waals surface area contributed by atoms with Crippen molar-refractivity contribution in [2.75, 3.05) is 0 Å². The number of aromatic nitrogens is 1. The summed E-state index contributed by atoms with van der Waals surface area (Å²) in [6.45, 7) is 2.10. The highest BCUT2D eigenvalue weighted by molar-refractivity contribution is 6.04. The van der Waals surface area contributed by atoms with Gasteiger partial charge in [-0.05, 0) is 31.4 Å². The van der Waals surface area contributed by atoms with Crippen molar-refractivity contribution in [3.05, 3.63) is 59.8 Å². The highest BCUT2D eigenvalue weighted by Crippen LogP contribution is 2.37. The van der Waals surface area contributed by atoms with Gasteiger partial charge < -0.3 is 0 Å². The summed E-state index contributed by atoms with van der Waals surface area (Å²) in [6.07, 6.45) is 2.58. The number of benzene rings is 2. The summed E-state index contributed by atoms with van der Waals surface area (Å²) >= 11 is 0. The molecule has 0 radical (unpaired) electrons. The fourth-order valence-electron chi connectivity index (χ4n) is 3.38. The molecule has 21 heavy (non-hydrogen) atoms. The number of fused-ring (bicyclic) bond motifs is 3. The van der Waals surface area contributed by atoms with Gasteiger partial charge in [0, 0.05) is 23.1 Å². The molecule has 1 aliphatic rings. The zero-order chi connectivity index (χ0) is 14.4. The number of para-hydroxylation sites is 1. The SMILES string of the molecule is Cc1ccc(-c2c3n(c4ccccc24)C(=O)CCC3)cc1. The Morgan fingerprint density at radius 3 is 2.52 bits per heavy atom. The fourth-order valence-corrected chi connectivity index (χ4v) is 3.38. The van der Waals surface area contributed by atoms with Crippen LogP contribution in [0.3, 0.4) is 0 Å². The molecule has 3 aromatic rings. The van der Waals surface area contributed by atoms with Crippen LogP contribution < -0.4 is 0 Å². The first-order valence-corrected chi connectivity index (χ1v) is 7.48. The Hall–Kier alpha value is -2.35. The normalized spacial score (nSPS) is 14.4. The zero-order valence-electron chi connectivity index (χ0n) is 12.1. The van der Waals surface area contributed by atoms with Crippen molar-refractivity contribution < 1.29 is 4.79 Å². The molecule has 4 rings (SSSR count). The molecule has 2 aromatic carbocycles. The Morgan fingerprint density at radius 1 is 0.952 bits per heavy atom. The molecule has 2 heterocycles. The van der Waals surface area contributed by atoms with Crippen LogP contribution in [0, 0.1) is 6.92 Å². The summed E-state index contributed by atoms with van der Waals surface area (Å²) < 4.78 is 1.94. The van der Waals surface area contributed by atoms with Crippen molar-refractivity contribution in [3.8, 4) is 11.1 Å². The molecule has 2 nitrogen and oxygen atoms in total. The van der Waals surface area contributed by atoms with E-state index < -0.39 is 0 Å². The maximum atomic E-state index is 12.4. The standard InChI is InChI=1S/C19H17NO/c1-13-9-11-14(12-10-13)19-15-5-2-3-6-16(15)20-17(19)7-4-8-18(20)21/h2-3,5-6,9-12H,4,7-8H2,1H3. The van der Waals surface area contributed by atoms with Crippen LogP contribution in [0.15, 0.2) is 48.5 Å². The van der Waals surface area contributed by atoms with Crippen molar-refractivity contribution >= 4 is 16.8 Å². The molecule has 0 N–H and O–H groups in total. The molecule has 0 bridgehead atoms. The summed E-state index contributed by atoms with van der Waals surface area (Å²) in [5, 5.41) is 1.19. The zero-order valence-corrected chi connectivity index (χ0v) is 12.1. The van der Waals surface area contributed by atoms with Crippen LogP contribution >= 0.6 is 0 Å². The van der Waals surface area contributed by atoms with Gasteiger partial charge in [0.05, 0.1) is 5.52 Å². The lowest BCUT2D eigenvalue weighted by atomic mass is 9.98. The Kier molecular flexibility index (Phi) is 2.71. The van der Waals surface area contributed by atoms with Crippen LogP contribution in [0.5, 0.6) is 0 Å². The van der Waals surface area contributed by atoms with Crippen molar-refractivity contribution in [1.82, 2.24) is 4.57 Å². The van der Waals surface area contributed by atoms with Gasteiger partial charge in [-0.25, -0.2) is 0 Å². The van der Waals surface area contributed by atoms with Gasteiger partial charge >= 0.3 is 0 Å². The van der Waals surface area contributed by atoms with E-state index in [4.69, 9.17) is 0 Å². The Balaban J connectivity index is 2.09. The molecule has 0 atom stereocenters. The summed E-state index contributed by atoms with van der Waals surface area (Å²) in [6, 6.07) is 16.8. The lowest BCUT2D eigenvalue weighted by molar-refractivity contribution is 0.0890. The third-order valence-electron chi connectivity index (χ3n) is 4.37. The average Bonchev–Trinajstić information content (AvgIpc) is 2.84. The monoisotopic (exact) mass is 275 g/mol. The molecule has 1 aliphatic heterocycles. The fraction of sp³-hybridized carbons (Fsp3) is 0.211. The first kappa shape index (κ1) is 12.4. The molecule has 1 aromatic heterocycles. The average molecular weight is 275 g/mol. The van der Waals surface area contributed by atoms with Gasteiger partial charge in [-0.2, -0.15) is 0 Å². The van der Waals surface area contributed by atoms with Crippen molar-refractivity contribution in [3.63, 3.8) is 0 Å². The van der Waals surface area contributed by atoms with E-state index >= 15 is 0 Å².